The summed E-state index contributed by atoms with van der Waals surface area (Å²) in [5, 5.41) is 3.95. The van der Waals surface area contributed by atoms with Crippen LogP contribution in [0.2, 0.25) is 0 Å². The maximum absolute atomic E-state index is 12.7. The lowest BCUT2D eigenvalue weighted by Crippen LogP contribution is -2.57. The molecule has 0 aromatic carbocycles. The van der Waals surface area contributed by atoms with Crippen LogP contribution in [-0.2, 0) is 0 Å². The van der Waals surface area contributed by atoms with E-state index in [0.29, 0.717) is 37.6 Å². The van der Waals surface area contributed by atoms with Gasteiger partial charge < -0.3 is 24.1 Å². The first-order valence-electron chi connectivity index (χ1n) is 9.51. The summed E-state index contributed by atoms with van der Waals surface area (Å²) in [5.41, 5.74) is 1.20. The molecule has 0 saturated carbocycles. The molecule has 148 valence electrons. The zero-order chi connectivity index (χ0) is 19.5. The molecule has 0 aliphatic carbocycles. The van der Waals surface area contributed by atoms with E-state index in [1.54, 1.807) is 17.2 Å². The van der Waals surface area contributed by atoms with Gasteiger partial charge in [-0.3, -0.25) is 9.78 Å². The standard InChI is InChI=1S/C19H24N6O3/c1-22-6-8-24(9-7-22)19(27)25-12-10-23(11-13-25)18(26)17-14-16(21-28-17)15-4-2-3-5-20-15/h2-5,14H,6-13H2,1H3. The van der Waals surface area contributed by atoms with Gasteiger partial charge in [-0.2, -0.15) is 0 Å². The summed E-state index contributed by atoms with van der Waals surface area (Å²) in [4.78, 5) is 37.2. The molecule has 0 spiro atoms. The molecule has 0 N–H and O–H groups in total. The summed E-state index contributed by atoms with van der Waals surface area (Å²) in [7, 11) is 2.06. The van der Waals surface area contributed by atoms with Crippen LogP contribution in [0.1, 0.15) is 10.6 Å². The largest absolute Gasteiger partial charge is 0.350 e. The van der Waals surface area contributed by atoms with E-state index in [-0.39, 0.29) is 17.7 Å². The Balaban J connectivity index is 1.33. The molecular formula is C19H24N6O3. The number of piperazine rings is 2. The summed E-state index contributed by atoms with van der Waals surface area (Å²) in [6.45, 7) is 5.32. The summed E-state index contributed by atoms with van der Waals surface area (Å²) in [6, 6.07) is 7.17. The minimum atomic E-state index is -0.207. The minimum Gasteiger partial charge on any atom is -0.350 e. The van der Waals surface area contributed by atoms with Crippen molar-refractivity contribution in [1.82, 2.24) is 29.7 Å². The number of hydrogen-bond donors (Lipinski definition) is 0. The Hall–Kier alpha value is -2.94. The lowest BCUT2D eigenvalue weighted by Gasteiger charge is -2.39. The van der Waals surface area contributed by atoms with E-state index in [9.17, 15) is 9.59 Å². The highest BCUT2D eigenvalue weighted by atomic mass is 16.5. The number of rotatable bonds is 2. The van der Waals surface area contributed by atoms with Crippen LogP contribution in [0.4, 0.5) is 4.79 Å². The Morgan fingerprint density at radius 2 is 1.54 bits per heavy atom. The molecule has 0 radical (unpaired) electrons. The van der Waals surface area contributed by atoms with Crippen LogP contribution in [0.5, 0.6) is 0 Å². The molecule has 2 fully saturated rings. The molecule has 3 amide bonds. The van der Waals surface area contributed by atoms with Crippen LogP contribution < -0.4 is 0 Å². The third kappa shape index (κ3) is 3.84. The van der Waals surface area contributed by atoms with Gasteiger partial charge in [0.15, 0.2) is 0 Å². The fraction of sp³-hybridized carbons (Fsp3) is 0.474. The molecule has 0 unspecified atom stereocenters. The third-order valence-corrected chi connectivity index (χ3v) is 5.26. The molecule has 0 atom stereocenters. The number of amides is 3. The molecule has 2 aromatic rings. The van der Waals surface area contributed by atoms with Crippen molar-refractivity contribution < 1.29 is 14.1 Å². The average molecular weight is 384 g/mol. The van der Waals surface area contributed by atoms with Gasteiger partial charge in [0.05, 0.1) is 5.69 Å². The van der Waals surface area contributed by atoms with Crippen molar-refractivity contribution in [2.75, 3.05) is 59.4 Å². The number of nitrogens with zero attached hydrogens (tertiary/aromatic N) is 6. The molecule has 2 aliphatic heterocycles. The van der Waals surface area contributed by atoms with Gasteiger partial charge in [0.2, 0.25) is 5.76 Å². The Bertz CT molecular complexity index is 823. The van der Waals surface area contributed by atoms with Crippen molar-refractivity contribution in [2.45, 2.75) is 0 Å². The number of urea groups is 1. The average Bonchev–Trinajstić information content (AvgIpc) is 3.24. The minimum absolute atomic E-state index is 0.0669. The van der Waals surface area contributed by atoms with Gasteiger partial charge in [-0.25, -0.2) is 4.79 Å². The van der Waals surface area contributed by atoms with E-state index >= 15 is 0 Å². The Labute approximate surface area is 163 Å². The van der Waals surface area contributed by atoms with E-state index in [0.717, 1.165) is 26.2 Å². The van der Waals surface area contributed by atoms with Gasteiger partial charge in [0.25, 0.3) is 5.91 Å². The molecule has 2 aromatic heterocycles. The zero-order valence-corrected chi connectivity index (χ0v) is 16.0. The molecule has 28 heavy (non-hydrogen) atoms. The van der Waals surface area contributed by atoms with E-state index in [4.69, 9.17) is 4.52 Å². The van der Waals surface area contributed by atoms with E-state index in [2.05, 4.69) is 22.1 Å². The van der Waals surface area contributed by atoms with E-state index in [1.165, 1.54) is 0 Å². The van der Waals surface area contributed by atoms with Crippen molar-refractivity contribution in [1.29, 1.82) is 0 Å². The van der Waals surface area contributed by atoms with Crippen LogP contribution in [-0.4, -0.2) is 101 Å². The quantitative estimate of drug-likeness (QED) is 0.764. The first-order chi connectivity index (χ1) is 13.6. The number of pyridine rings is 1. The monoisotopic (exact) mass is 384 g/mol. The highest BCUT2D eigenvalue weighted by molar-refractivity contribution is 5.92. The summed E-state index contributed by atoms with van der Waals surface area (Å²) in [6.07, 6.45) is 1.67. The number of aromatic nitrogens is 2. The molecule has 9 nitrogen and oxygen atoms in total. The molecule has 2 saturated heterocycles. The number of hydrogen-bond acceptors (Lipinski definition) is 6. The van der Waals surface area contributed by atoms with Crippen LogP contribution in [0, 0.1) is 0 Å². The normalized spacial score (nSPS) is 18.4. The molecule has 9 heteroatoms. The van der Waals surface area contributed by atoms with Crippen LogP contribution in [0.3, 0.4) is 0 Å². The van der Waals surface area contributed by atoms with Crippen molar-refractivity contribution in [2.24, 2.45) is 0 Å². The summed E-state index contributed by atoms with van der Waals surface area (Å²) in [5.74, 6) is -0.0131. The SMILES string of the molecule is CN1CCN(C(=O)N2CCN(C(=O)c3cc(-c4ccccn4)no3)CC2)CC1. The second-order valence-corrected chi connectivity index (χ2v) is 7.14. The van der Waals surface area contributed by atoms with Gasteiger partial charge >= 0.3 is 6.03 Å². The van der Waals surface area contributed by atoms with Crippen molar-refractivity contribution in [3.8, 4) is 11.4 Å². The Morgan fingerprint density at radius 3 is 2.18 bits per heavy atom. The maximum Gasteiger partial charge on any atom is 0.320 e. The molecule has 0 bridgehead atoms. The first-order valence-corrected chi connectivity index (χ1v) is 9.51. The second kappa shape index (κ2) is 7.97. The van der Waals surface area contributed by atoms with Gasteiger partial charge in [-0.1, -0.05) is 11.2 Å². The van der Waals surface area contributed by atoms with Gasteiger partial charge in [-0.05, 0) is 19.2 Å². The topological polar surface area (TPSA) is 86.0 Å². The number of carbonyl (C=O) groups excluding carboxylic acids is 2. The lowest BCUT2D eigenvalue weighted by atomic mass is 10.2. The van der Waals surface area contributed by atoms with Gasteiger partial charge in [-0.15, -0.1) is 0 Å². The van der Waals surface area contributed by atoms with Crippen LogP contribution >= 0.6 is 0 Å². The predicted octanol–water partition coefficient (Wildman–Crippen LogP) is 0.862. The predicted molar refractivity (Wildman–Crippen MR) is 102 cm³/mol. The summed E-state index contributed by atoms with van der Waals surface area (Å²) < 4.78 is 5.24. The highest BCUT2D eigenvalue weighted by Crippen LogP contribution is 2.18. The van der Waals surface area contributed by atoms with Crippen LogP contribution in [0.25, 0.3) is 11.4 Å². The van der Waals surface area contributed by atoms with Crippen molar-refractivity contribution >= 4 is 11.9 Å². The molecule has 4 rings (SSSR count). The van der Waals surface area contributed by atoms with Crippen LogP contribution in [0.15, 0.2) is 35.0 Å². The Morgan fingerprint density at radius 1 is 0.893 bits per heavy atom. The smallest absolute Gasteiger partial charge is 0.320 e. The second-order valence-electron chi connectivity index (χ2n) is 7.14. The molecule has 2 aliphatic rings. The Kier molecular flexibility index (Phi) is 5.25. The molecule has 4 heterocycles. The van der Waals surface area contributed by atoms with Gasteiger partial charge in [0, 0.05) is 64.6 Å². The van der Waals surface area contributed by atoms with E-state index < -0.39 is 0 Å². The fourth-order valence-electron chi connectivity index (χ4n) is 3.47. The summed E-state index contributed by atoms with van der Waals surface area (Å²) >= 11 is 0. The number of carbonyl (C=O) groups is 2. The third-order valence-electron chi connectivity index (χ3n) is 5.26. The number of likely N-dealkylation sites (N-methyl/N-ethyl adjacent to an activating group) is 1. The highest BCUT2D eigenvalue weighted by Gasteiger charge is 2.30. The molecular weight excluding hydrogens is 360 g/mol. The zero-order valence-electron chi connectivity index (χ0n) is 16.0. The van der Waals surface area contributed by atoms with Crippen molar-refractivity contribution in [3.63, 3.8) is 0 Å². The fourth-order valence-corrected chi connectivity index (χ4v) is 3.47. The van der Waals surface area contributed by atoms with E-state index in [1.807, 2.05) is 28.0 Å². The van der Waals surface area contributed by atoms with Gasteiger partial charge in [0.1, 0.15) is 5.69 Å². The maximum atomic E-state index is 12.7. The van der Waals surface area contributed by atoms with Crippen molar-refractivity contribution in [3.05, 3.63) is 36.2 Å². The first kappa shape index (κ1) is 18.4. The lowest BCUT2D eigenvalue weighted by molar-refractivity contribution is 0.0584.